The second-order valence-electron chi connectivity index (χ2n) is 8.70. The molecule has 1 saturated heterocycles. The van der Waals surface area contributed by atoms with E-state index in [0.717, 1.165) is 36.3 Å². The van der Waals surface area contributed by atoms with Crippen molar-refractivity contribution < 1.29 is 13.2 Å². The second-order valence-corrected chi connectivity index (χ2v) is 11.0. The van der Waals surface area contributed by atoms with Crippen LogP contribution in [-0.2, 0) is 33.4 Å². The first kappa shape index (κ1) is 25.3. The van der Waals surface area contributed by atoms with Crippen LogP contribution in [0.2, 0.25) is 0 Å². The maximum absolute atomic E-state index is 13.5. The van der Waals surface area contributed by atoms with Crippen molar-refractivity contribution in [1.29, 1.82) is 0 Å². The van der Waals surface area contributed by atoms with Crippen molar-refractivity contribution in [2.45, 2.75) is 49.9 Å². The lowest BCUT2D eigenvalue weighted by Crippen LogP contribution is -2.43. The summed E-state index contributed by atoms with van der Waals surface area (Å²) in [4.78, 5) is 6.48. The lowest BCUT2D eigenvalue weighted by Gasteiger charge is -2.28. The van der Waals surface area contributed by atoms with Gasteiger partial charge in [-0.3, -0.25) is 0 Å². The highest BCUT2D eigenvalue weighted by Gasteiger charge is 2.27. The average Bonchev–Trinajstić information content (AvgIpc) is 3.50. The molecule has 1 atom stereocenters. The van der Waals surface area contributed by atoms with E-state index < -0.39 is 9.84 Å². The van der Waals surface area contributed by atoms with Gasteiger partial charge in [0, 0.05) is 19.7 Å². The van der Waals surface area contributed by atoms with Crippen molar-refractivity contribution in [2.24, 2.45) is 0 Å². The van der Waals surface area contributed by atoms with Crippen LogP contribution in [0.15, 0.2) is 72.0 Å². The Kier molecular flexibility index (Phi) is 8.54. The zero-order chi connectivity index (χ0) is 24.7. The summed E-state index contributed by atoms with van der Waals surface area (Å²) in [6.45, 7) is 4.97. The number of thiocarbonyl (C=S) groups is 1. The maximum atomic E-state index is 13.5. The predicted octanol–water partition coefficient (Wildman–Crippen LogP) is 3.78. The molecule has 7 nitrogen and oxygen atoms in total. The van der Waals surface area contributed by atoms with Gasteiger partial charge >= 0.3 is 0 Å². The monoisotopic (exact) mass is 512 g/mol. The van der Waals surface area contributed by atoms with Crippen LogP contribution in [0.4, 0.5) is 0 Å². The van der Waals surface area contributed by atoms with Gasteiger partial charge in [0.25, 0.3) is 0 Å². The van der Waals surface area contributed by atoms with E-state index in [1.807, 2.05) is 72.2 Å². The molecule has 35 heavy (non-hydrogen) atoms. The lowest BCUT2D eigenvalue weighted by atomic mass is 10.2. The lowest BCUT2D eigenvalue weighted by molar-refractivity contribution is 0.0893. The van der Waals surface area contributed by atoms with E-state index in [-0.39, 0.29) is 17.0 Å². The van der Waals surface area contributed by atoms with E-state index >= 15 is 0 Å². The Hall–Kier alpha value is -2.75. The van der Waals surface area contributed by atoms with Gasteiger partial charge < -0.3 is 19.5 Å². The fourth-order valence-corrected chi connectivity index (χ4v) is 6.05. The van der Waals surface area contributed by atoms with Crippen LogP contribution in [0.1, 0.15) is 36.6 Å². The van der Waals surface area contributed by atoms with Gasteiger partial charge in [0.15, 0.2) is 5.11 Å². The van der Waals surface area contributed by atoms with Gasteiger partial charge in [-0.2, -0.15) is 0 Å². The van der Waals surface area contributed by atoms with Crippen LogP contribution in [0.25, 0.3) is 0 Å². The number of nitrogens with zero attached hydrogens (tertiary/aromatic N) is 3. The van der Waals surface area contributed by atoms with Crippen molar-refractivity contribution in [2.75, 3.05) is 19.7 Å². The predicted molar refractivity (Wildman–Crippen MR) is 141 cm³/mol. The molecule has 0 spiro atoms. The van der Waals surface area contributed by atoms with Gasteiger partial charge in [0.1, 0.15) is 0 Å². The minimum atomic E-state index is -3.67. The topological polar surface area (TPSA) is 76.5 Å². The molecule has 0 bridgehead atoms. The number of hydrogen-bond acceptors (Lipinski definition) is 5. The highest BCUT2D eigenvalue weighted by Crippen LogP contribution is 2.22. The quantitative estimate of drug-likeness (QED) is 0.414. The molecular formula is C26H32N4O3S2. The van der Waals surface area contributed by atoms with Gasteiger partial charge in [-0.05, 0) is 43.1 Å². The summed E-state index contributed by atoms with van der Waals surface area (Å²) in [6, 6.07) is 19.0. The first-order valence-electron chi connectivity index (χ1n) is 12.0. The van der Waals surface area contributed by atoms with Gasteiger partial charge in [-0.25, -0.2) is 13.4 Å². The number of hydrogen-bond donors (Lipinski definition) is 1. The Bertz CT molecular complexity index is 1210. The normalized spacial score (nSPS) is 15.7. The SMILES string of the molecule is CCNC(=S)N(Cc1cnc(S(=O)(=O)Cc2ccccc2)n1Cc1ccccc1)C[C@@H]1CCCO1. The number of nitrogens with one attached hydrogen (secondary N) is 1. The number of rotatable bonds is 10. The Balaban J connectivity index is 1.67. The summed E-state index contributed by atoms with van der Waals surface area (Å²) in [6.07, 6.45) is 3.81. The van der Waals surface area contributed by atoms with Crippen molar-refractivity contribution in [3.8, 4) is 0 Å². The van der Waals surface area contributed by atoms with E-state index in [0.29, 0.717) is 31.3 Å². The third-order valence-electron chi connectivity index (χ3n) is 5.98. The molecule has 0 saturated carbocycles. The van der Waals surface area contributed by atoms with E-state index in [2.05, 4.69) is 15.2 Å². The van der Waals surface area contributed by atoms with Crippen LogP contribution in [0.3, 0.4) is 0 Å². The fourth-order valence-electron chi connectivity index (χ4n) is 4.27. The van der Waals surface area contributed by atoms with E-state index in [4.69, 9.17) is 17.0 Å². The van der Waals surface area contributed by atoms with Crippen molar-refractivity contribution in [1.82, 2.24) is 19.8 Å². The highest BCUT2D eigenvalue weighted by atomic mass is 32.2. The van der Waals surface area contributed by atoms with Crippen LogP contribution < -0.4 is 5.32 Å². The summed E-state index contributed by atoms with van der Waals surface area (Å²) in [7, 11) is -3.67. The standard InChI is InChI=1S/C26H32N4O3S2/c1-2-27-25(34)29(19-24-14-9-15-33-24)18-23-16-28-26(30(23)17-21-10-5-3-6-11-21)35(31,32)20-22-12-7-4-8-13-22/h3-8,10-13,16,24H,2,9,14-15,17-20H2,1H3,(H,27,34)/t24-/m0/s1. The Morgan fingerprint density at radius 1 is 1.14 bits per heavy atom. The minimum absolute atomic E-state index is 0.0756. The second kappa shape index (κ2) is 11.8. The molecule has 1 N–H and O–H groups in total. The zero-order valence-corrected chi connectivity index (χ0v) is 21.6. The number of aromatic nitrogens is 2. The van der Waals surface area contributed by atoms with Crippen molar-refractivity contribution >= 4 is 27.2 Å². The molecule has 2 aromatic carbocycles. The Morgan fingerprint density at radius 2 is 1.83 bits per heavy atom. The Morgan fingerprint density at radius 3 is 2.46 bits per heavy atom. The van der Waals surface area contributed by atoms with Gasteiger partial charge in [-0.1, -0.05) is 60.7 Å². The van der Waals surface area contributed by atoms with Gasteiger partial charge in [-0.15, -0.1) is 0 Å². The molecule has 0 amide bonds. The number of benzene rings is 2. The minimum Gasteiger partial charge on any atom is -0.376 e. The van der Waals surface area contributed by atoms with Crippen LogP contribution >= 0.6 is 12.2 Å². The number of ether oxygens (including phenoxy) is 1. The van der Waals surface area contributed by atoms with Crippen molar-refractivity contribution in [3.05, 3.63) is 83.7 Å². The fraction of sp³-hybridized carbons (Fsp3) is 0.385. The first-order chi connectivity index (χ1) is 17.0. The maximum Gasteiger partial charge on any atom is 0.228 e. The smallest absolute Gasteiger partial charge is 0.228 e. The summed E-state index contributed by atoms with van der Waals surface area (Å²) in [5.41, 5.74) is 2.53. The van der Waals surface area contributed by atoms with Crippen molar-refractivity contribution in [3.63, 3.8) is 0 Å². The van der Waals surface area contributed by atoms with Gasteiger partial charge in [0.2, 0.25) is 15.0 Å². The van der Waals surface area contributed by atoms with Gasteiger partial charge in [0.05, 0.1) is 36.8 Å². The molecule has 1 aromatic heterocycles. The molecule has 3 aromatic rings. The molecule has 0 radical (unpaired) electrons. The Labute approximate surface area is 213 Å². The zero-order valence-electron chi connectivity index (χ0n) is 20.0. The largest absolute Gasteiger partial charge is 0.376 e. The molecule has 1 aliphatic heterocycles. The first-order valence-corrected chi connectivity index (χ1v) is 14.0. The molecule has 2 heterocycles. The molecule has 0 aliphatic carbocycles. The van der Waals surface area contributed by atoms with Crippen LogP contribution in [0, 0.1) is 0 Å². The average molecular weight is 513 g/mol. The van der Waals surface area contributed by atoms with E-state index in [9.17, 15) is 8.42 Å². The summed E-state index contributed by atoms with van der Waals surface area (Å²) < 4.78 is 34.6. The molecule has 1 fully saturated rings. The molecular weight excluding hydrogens is 480 g/mol. The highest BCUT2D eigenvalue weighted by molar-refractivity contribution is 7.90. The molecule has 9 heteroatoms. The molecule has 4 rings (SSSR count). The third-order valence-corrected chi connectivity index (χ3v) is 7.98. The molecule has 1 aliphatic rings. The summed E-state index contributed by atoms with van der Waals surface area (Å²) in [5, 5.41) is 3.94. The molecule has 0 unspecified atom stereocenters. The number of sulfone groups is 1. The van der Waals surface area contributed by atoms with Crippen LogP contribution in [-0.4, -0.2) is 53.8 Å². The third kappa shape index (κ3) is 6.68. The van der Waals surface area contributed by atoms with E-state index in [1.54, 1.807) is 6.20 Å². The van der Waals surface area contributed by atoms with E-state index in [1.165, 1.54) is 0 Å². The number of imidazole rings is 1. The summed E-state index contributed by atoms with van der Waals surface area (Å²) >= 11 is 5.66. The van der Waals surface area contributed by atoms with Crippen LogP contribution in [0.5, 0.6) is 0 Å². The molecule has 186 valence electrons. The summed E-state index contributed by atoms with van der Waals surface area (Å²) in [5.74, 6) is -0.103.